The molecule has 0 bridgehead atoms. The fourth-order valence-electron chi connectivity index (χ4n) is 3.76. The Hall–Kier alpha value is -3.59. The number of nitrogens with one attached hydrogen (secondary N) is 1. The van der Waals surface area contributed by atoms with Crippen LogP contribution < -0.4 is 15.1 Å². The first-order chi connectivity index (χ1) is 19.7. The Morgan fingerprint density at radius 3 is 2.10 bits per heavy atom. The summed E-state index contributed by atoms with van der Waals surface area (Å²) in [7, 11) is 1.86. The summed E-state index contributed by atoms with van der Waals surface area (Å²) >= 11 is 3.36. The number of morpholine rings is 1. The van der Waals surface area contributed by atoms with Crippen LogP contribution in [0.1, 0.15) is 34.6 Å². The number of rotatable bonds is 4. The molecule has 0 radical (unpaired) electrons. The van der Waals surface area contributed by atoms with E-state index >= 15 is 0 Å². The number of piperazine rings is 1. The van der Waals surface area contributed by atoms with E-state index in [1.54, 1.807) is 28.2 Å². The zero-order valence-corrected chi connectivity index (χ0v) is 26.2. The van der Waals surface area contributed by atoms with Crippen molar-refractivity contribution in [1.29, 1.82) is 0 Å². The van der Waals surface area contributed by atoms with Gasteiger partial charge in [-0.2, -0.15) is 10.1 Å². The van der Waals surface area contributed by atoms with Crippen molar-refractivity contribution in [3.8, 4) is 0 Å². The zero-order valence-electron chi connectivity index (χ0n) is 24.6. The van der Waals surface area contributed by atoms with Crippen LogP contribution in [-0.4, -0.2) is 104 Å². The predicted octanol–water partition coefficient (Wildman–Crippen LogP) is 3.51. The summed E-state index contributed by atoms with van der Waals surface area (Å²) in [6.45, 7) is 15.3. The van der Waals surface area contributed by atoms with Crippen molar-refractivity contribution in [3.05, 3.63) is 35.6 Å². The topological polar surface area (TPSA) is 140 Å². The van der Waals surface area contributed by atoms with Gasteiger partial charge < -0.3 is 29.5 Å². The number of hydrogen-bond donors (Lipinski definition) is 1. The largest absolute Gasteiger partial charge is 0.444 e. The number of halogens is 1. The smallest absolute Gasteiger partial charge is 0.410 e. The molecule has 0 spiro atoms. The quantitative estimate of drug-likeness (QED) is 0.449. The average molecular weight is 635 g/mol. The molecule has 0 saturated carbocycles. The summed E-state index contributed by atoms with van der Waals surface area (Å²) in [5, 5.41) is 7.26. The fraction of sp³-hybridized carbons (Fsp3) is 0.577. The highest BCUT2D eigenvalue weighted by atomic mass is 79.9. The monoisotopic (exact) mass is 633 g/mol. The van der Waals surface area contributed by atoms with Crippen LogP contribution >= 0.6 is 15.9 Å². The van der Waals surface area contributed by atoms with E-state index in [0.717, 1.165) is 42.3 Å². The van der Waals surface area contributed by atoms with Gasteiger partial charge in [-0.15, -0.1) is 0 Å². The lowest BCUT2D eigenvalue weighted by Crippen LogP contribution is -2.47. The molecule has 0 aromatic carbocycles. The van der Waals surface area contributed by atoms with Gasteiger partial charge in [0.1, 0.15) is 11.9 Å². The number of amides is 1. The zero-order chi connectivity index (χ0) is 29.8. The van der Waals surface area contributed by atoms with E-state index < -0.39 is 5.60 Å². The van der Waals surface area contributed by atoms with Gasteiger partial charge in [0.2, 0.25) is 17.8 Å². The SMILES string of the molecule is CC.CC(C)(C)OC(=O)N1CCOCC1.Cn1cc(Nc2ncnc(N3CCN(c4ncc(Br)cn4)CC3)n2)cn1. The van der Waals surface area contributed by atoms with Crippen molar-refractivity contribution in [2.45, 2.75) is 40.2 Å². The summed E-state index contributed by atoms with van der Waals surface area (Å²) in [6, 6.07) is 0. The van der Waals surface area contributed by atoms with E-state index in [4.69, 9.17) is 9.47 Å². The molecule has 0 aliphatic carbocycles. The molecule has 224 valence electrons. The fourth-order valence-corrected chi connectivity index (χ4v) is 3.97. The molecule has 2 fully saturated rings. The Balaban J connectivity index is 0.000000261. The molecular formula is C26H40BrN11O3. The molecule has 3 aromatic rings. The van der Waals surface area contributed by atoms with E-state index in [1.165, 1.54) is 6.33 Å². The van der Waals surface area contributed by atoms with E-state index in [0.29, 0.717) is 38.2 Å². The molecule has 0 atom stereocenters. The summed E-state index contributed by atoms with van der Waals surface area (Å²) in [5.41, 5.74) is 0.428. The predicted molar refractivity (Wildman–Crippen MR) is 160 cm³/mol. The van der Waals surface area contributed by atoms with Gasteiger partial charge in [-0.05, 0) is 36.7 Å². The lowest BCUT2D eigenvalue weighted by atomic mass is 10.2. The number of ether oxygens (including phenoxy) is 2. The summed E-state index contributed by atoms with van der Waals surface area (Å²) in [6.07, 6.45) is 8.39. The molecular weight excluding hydrogens is 594 g/mol. The van der Waals surface area contributed by atoms with E-state index in [9.17, 15) is 4.79 Å². The first-order valence-electron chi connectivity index (χ1n) is 13.6. The third kappa shape index (κ3) is 10.4. The maximum atomic E-state index is 11.5. The Labute approximate surface area is 249 Å². The highest BCUT2D eigenvalue weighted by Gasteiger charge is 2.23. The molecule has 3 aromatic heterocycles. The molecule has 5 heterocycles. The maximum absolute atomic E-state index is 11.5. The van der Waals surface area contributed by atoms with Gasteiger partial charge in [-0.25, -0.2) is 24.7 Å². The highest BCUT2D eigenvalue weighted by molar-refractivity contribution is 9.10. The number of carbonyl (C=O) groups is 1. The first-order valence-corrected chi connectivity index (χ1v) is 14.4. The summed E-state index contributed by atoms with van der Waals surface area (Å²) in [4.78, 5) is 39.1. The average Bonchev–Trinajstić information content (AvgIpc) is 3.39. The van der Waals surface area contributed by atoms with Crippen LogP contribution in [-0.2, 0) is 16.5 Å². The van der Waals surface area contributed by atoms with Gasteiger partial charge in [-0.3, -0.25) is 4.68 Å². The third-order valence-electron chi connectivity index (χ3n) is 5.63. The molecule has 15 heteroatoms. The van der Waals surface area contributed by atoms with Crippen molar-refractivity contribution >= 4 is 45.6 Å². The molecule has 0 unspecified atom stereocenters. The number of carbonyl (C=O) groups excluding carboxylic acids is 1. The molecule has 41 heavy (non-hydrogen) atoms. The van der Waals surface area contributed by atoms with Gasteiger partial charge in [0, 0.05) is 64.9 Å². The standard InChI is InChI=1S/C15H17BrN10.C9H17NO3.C2H6/c1-24-9-12(8-21-24)22-13-19-10-20-15(23-13)26-4-2-25(3-5-26)14-17-6-11(16)7-18-14;1-9(2,3)13-8(11)10-4-6-12-7-5-10;1-2/h6-10H,2-5H2,1H3,(H,19,20,22,23);4-7H2,1-3H3;1-2H3. The van der Waals surface area contributed by atoms with Crippen LogP contribution in [0.2, 0.25) is 0 Å². The minimum Gasteiger partial charge on any atom is -0.444 e. The highest BCUT2D eigenvalue weighted by Crippen LogP contribution is 2.18. The van der Waals surface area contributed by atoms with Crippen molar-refractivity contribution in [1.82, 2.24) is 39.6 Å². The van der Waals surface area contributed by atoms with Gasteiger partial charge in [0.05, 0.1) is 29.6 Å². The van der Waals surface area contributed by atoms with Crippen LogP contribution in [0, 0.1) is 0 Å². The molecule has 1 N–H and O–H groups in total. The third-order valence-corrected chi connectivity index (χ3v) is 6.04. The van der Waals surface area contributed by atoms with Crippen LogP contribution in [0.3, 0.4) is 0 Å². The van der Waals surface area contributed by atoms with Crippen molar-refractivity contribution in [2.75, 3.05) is 67.6 Å². The van der Waals surface area contributed by atoms with Gasteiger partial charge >= 0.3 is 6.09 Å². The maximum Gasteiger partial charge on any atom is 0.410 e. The number of anilines is 4. The van der Waals surface area contributed by atoms with Crippen LogP contribution in [0.25, 0.3) is 0 Å². The second-order valence-corrected chi connectivity index (χ2v) is 10.8. The molecule has 2 aliphatic rings. The Morgan fingerprint density at radius 1 is 0.927 bits per heavy atom. The van der Waals surface area contributed by atoms with Crippen LogP contribution in [0.5, 0.6) is 0 Å². The number of aryl methyl sites for hydroxylation is 1. The second-order valence-electron chi connectivity index (χ2n) is 9.89. The van der Waals surface area contributed by atoms with E-state index in [2.05, 4.69) is 61.1 Å². The van der Waals surface area contributed by atoms with Crippen molar-refractivity contribution in [2.24, 2.45) is 7.05 Å². The van der Waals surface area contributed by atoms with Crippen molar-refractivity contribution in [3.63, 3.8) is 0 Å². The molecule has 14 nitrogen and oxygen atoms in total. The van der Waals surface area contributed by atoms with E-state index in [1.807, 2.05) is 47.9 Å². The second kappa shape index (κ2) is 15.4. The number of nitrogens with zero attached hydrogens (tertiary/aromatic N) is 10. The summed E-state index contributed by atoms with van der Waals surface area (Å²) < 4.78 is 12.9. The summed E-state index contributed by atoms with van der Waals surface area (Å²) in [5.74, 6) is 1.90. The molecule has 2 aliphatic heterocycles. The lowest BCUT2D eigenvalue weighted by molar-refractivity contribution is -0.00677. The molecule has 1 amide bonds. The van der Waals surface area contributed by atoms with Crippen molar-refractivity contribution < 1.29 is 14.3 Å². The molecule has 5 rings (SSSR count). The minimum atomic E-state index is -0.407. The number of hydrogen-bond acceptors (Lipinski definition) is 12. The lowest BCUT2D eigenvalue weighted by Gasteiger charge is -2.34. The van der Waals surface area contributed by atoms with Crippen LogP contribution in [0.15, 0.2) is 35.6 Å². The number of aromatic nitrogens is 7. The van der Waals surface area contributed by atoms with E-state index in [-0.39, 0.29) is 6.09 Å². The minimum absolute atomic E-state index is 0.240. The Kier molecular flexibility index (Phi) is 12.0. The first kappa shape index (κ1) is 31.9. The Morgan fingerprint density at radius 2 is 1.54 bits per heavy atom. The van der Waals surface area contributed by atoms with Gasteiger partial charge in [-0.1, -0.05) is 13.8 Å². The van der Waals surface area contributed by atoms with Gasteiger partial charge in [0.25, 0.3) is 0 Å². The van der Waals surface area contributed by atoms with Gasteiger partial charge in [0.15, 0.2) is 0 Å². The normalized spacial score (nSPS) is 15.2. The van der Waals surface area contributed by atoms with Crippen LogP contribution in [0.4, 0.5) is 28.3 Å². The molecule has 2 saturated heterocycles. The Bertz CT molecular complexity index is 1210.